The van der Waals surface area contributed by atoms with Crippen LogP contribution in [0.25, 0.3) is 22.3 Å². The summed E-state index contributed by atoms with van der Waals surface area (Å²) in [5.41, 5.74) is 4.65. The van der Waals surface area contributed by atoms with Crippen LogP contribution in [-0.4, -0.2) is 104 Å². The summed E-state index contributed by atoms with van der Waals surface area (Å²) in [6.45, 7) is 8.93. The lowest BCUT2D eigenvalue weighted by atomic mass is 10.0. The number of aliphatic hydroxyl groups is 1. The maximum Gasteiger partial charge on any atom is 0.407 e. The number of H-pyrrole nitrogens is 2. The van der Waals surface area contributed by atoms with Gasteiger partial charge < -0.3 is 40.1 Å². The average Bonchev–Trinajstić information content (AvgIpc) is 4.00. The first-order chi connectivity index (χ1) is 26.0. The summed E-state index contributed by atoms with van der Waals surface area (Å²) < 4.78 is 9.53. The highest BCUT2D eigenvalue weighted by Crippen LogP contribution is 2.35. The van der Waals surface area contributed by atoms with Crippen LogP contribution in [0, 0.1) is 23.7 Å². The molecule has 0 saturated carbocycles. The fourth-order valence-electron chi connectivity index (χ4n) is 7.26. The molecule has 2 fully saturated rings. The summed E-state index contributed by atoms with van der Waals surface area (Å²) in [5, 5.41) is 16.8. The van der Waals surface area contributed by atoms with E-state index in [4.69, 9.17) is 14.5 Å². The molecule has 15 nitrogen and oxygen atoms in total. The molecule has 0 radical (unpaired) electrons. The Morgan fingerprint density at radius 1 is 0.870 bits per heavy atom. The van der Waals surface area contributed by atoms with Crippen LogP contribution in [0.5, 0.6) is 0 Å². The number of benzene rings is 1. The van der Waals surface area contributed by atoms with Crippen molar-refractivity contribution in [1.29, 1.82) is 0 Å². The number of fused-ring (bicyclic) bond motifs is 1. The Bertz CT molecular complexity index is 2010. The quantitative estimate of drug-likeness (QED) is 0.143. The van der Waals surface area contributed by atoms with Crippen molar-refractivity contribution < 1.29 is 29.0 Å². The molecule has 0 aliphatic carbocycles. The number of aromatic nitrogens is 5. The second kappa shape index (κ2) is 16.7. The van der Waals surface area contributed by atoms with Gasteiger partial charge in [0, 0.05) is 30.4 Å². The first-order valence-corrected chi connectivity index (χ1v) is 18.4. The number of aromatic amines is 2. The number of nitrogens with zero attached hydrogens (tertiary/aromatic N) is 5. The topological polar surface area (TPSA) is 191 Å². The van der Waals surface area contributed by atoms with Gasteiger partial charge in [0.15, 0.2) is 0 Å². The van der Waals surface area contributed by atoms with E-state index >= 15 is 0 Å². The number of aliphatic hydroxyl groups excluding tert-OH is 1. The molecule has 5 N–H and O–H groups in total. The molecule has 4 aromatic rings. The SMILES string of the molecule is COC(=O)NC(C(=O)N1CCCC1c1ncc(-c2ccc(C#Cc3ccc4nc(C5CCCN5C(O)C(NC(=O)OC)C(C)C)[nH]c4c3)nc2)[nH]1)C(C)C. The third-order valence-corrected chi connectivity index (χ3v) is 10.2. The largest absolute Gasteiger partial charge is 0.453 e. The summed E-state index contributed by atoms with van der Waals surface area (Å²) in [5.74, 6) is 7.50. The van der Waals surface area contributed by atoms with E-state index in [0.29, 0.717) is 24.6 Å². The Morgan fingerprint density at radius 2 is 1.61 bits per heavy atom. The molecule has 286 valence electrons. The zero-order valence-electron chi connectivity index (χ0n) is 31.6. The van der Waals surface area contributed by atoms with E-state index in [-0.39, 0.29) is 29.8 Å². The van der Waals surface area contributed by atoms with E-state index in [2.05, 4.69) is 42.4 Å². The van der Waals surface area contributed by atoms with E-state index in [1.165, 1.54) is 14.2 Å². The van der Waals surface area contributed by atoms with Gasteiger partial charge in [-0.3, -0.25) is 9.69 Å². The molecule has 0 bridgehead atoms. The van der Waals surface area contributed by atoms with Gasteiger partial charge in [-0.2, -0.15) is 0 Å². The van der Waals surface area contributed by atoms with Crippen molar-refractivity contribution in [3.05, 3.63) is 65.6 Å². The van der Waals surface area contributed by atoms with Gasteiger partial charge in [-0.25, -0.2) is 24.5 Å². The number of carbonyl (C=O) groups is 3. The number of methoxy groups -OCH3 is 2. The second-order valence-electron chi connectivity index (χ2n) is 14.5. The third kappa shape index (κ3) is 8.35. The molecule has 6 rings (SSSR count). The molecule has 5 heterocycles. The highest BCUT2D eigenvalue weighted by atomic mass is 16.5. The molecule has 2 aliphatic rings. The van der Waals surface area contributed by atoms with Gasteiger partial charge in [0.2, 0.25) is 5.91 Å². The standard InChI is InChI=1S/C39H49N9O6/c1-22(2)32(45-38(51)53-5)36(49)47-17-7-9-30(47)34-41-21-29(44-34)25-13-15-26(40-20-25)14-11-24-12-16-27-28(19-24)43-35(42-27)31-10-8-18-48(31)37(50)33(23(3)4)46-39(52)54-6/h12-13,15-16,19-23,30-33,37,50H,7-10,17-18H2,1-6H3,(H,41,44)(H,42,43)(H,45,51)(H,46,52). The van der Waals surface area contributed by atoms with E-state index in [1.54, 1.807) is 17.3 Å². The molecule has 3 amide bonds. The number of hydrogen-bond donors (Lipinski definition) is 5. The van der Waals surface area contributed by atoms with E-state index in [1.807, 2.05) is 62.9 Å². The van der Waals surface area contributed by atoms with Crippen molar-refractivity contribution in [2.24, 2.45) is 11.8 Å². The normalized spacial score (nSPS) is 19.0. The lowest BCUT2D eigenvalue weighted by Crippen LogP contribution is -2.54. The summed E-state index contributed by atoms with van der Waals surface area (Å²) >= 11 is 0. The van der Waals surface area contributed by atoms with E-state index in [0.717, 1.165) is 59.4 Å². The van der Waals surface area contributed by atoms with E-state index < -0.39 is 30.5 Å². The average molecular weight is 740 g/mol. The van der Waals surface area contributed by atoms with Crippen LogP contribution in [-0.2, 0) is 14.3 Å². The zero-order chi connectivity index (χ0) is 38.5. The predicted octanol–water partition coefficient (Wildman–Crippen LogP) is 4.63. The van der Waals surface area contributed by atoms with Gasteiger partial charge in [0.05, 0.1) is 55.3 Å². The van der Waals surface area contributed by atoms with Gasteiger partial charge >= 0.3 is 12.2 Å². The zero-order valence-corrected chi connectivity index (χ0v) is 31.6. The van der Waals surface area contributed by atoms with Crippen LogP contribution in [0.4, 0.5) is 9.59 Å². The summed E-state index contributed by atoms with van der Waals surface area (Å²) in [6.07, 6.45) is 4.67. The van der Waals surface area contributed by atoms with Crippen molar-refractivity contribution >= 4 is 29.1 Å². The summed E-state index contributed by atoms with van der Waals surface area (Å²) in [6, 6.07) is 8.01. The van der Waals surface area contributed by atoms with Crippen LogP contribution >= 0.6 is 0 Å². The molecule has 2 aliphatic heterocycles. The van der Waals surface area contributed by atoms with Crippen LogP contribution in [0.2, 0.25) is 0 Å². The lowest BCUT2D eigenvalue weighted by molar-refractivity contribution is -0.135. The van der Waals surface area contributed by atoms with Crippen LogP contribution in [0.1, 0.15) is 88.4 Å². The van der Waals surface area contributed by atoms with Crippen LogP contribution in [0.3, 0.4) is 0 Å². The maximum atomic E-state index is 13.5. The van der Waals surface area contributed by atoms with Gasteiger partial charge in [-0.1, -0.05) is 33.6 Å². The number of hydrogen-bond acceptors (Lipinski definition) is 10. The molecule has 54 heavy (non-hydrogen) atoms. The van der Waals surface area contributed by atoms with Crippen molar-refractivity contribution in [2.45, 2.75) is 83.8 Å². The minimum atomic E-state index is -0.908. The lowest BCUT2D eigenvalue weighted by Gasteiger charge is -2.35. The molecule has 15 heteroatoms. The molecule has 2 saturated heterocycles. The van der Waals surface area contributed by atoms with E-state index in [9.17, 15) is 19.5 Å². The Hall–Kier alpha value is -5.46. The smallest absolute Gasteiger partial charge is 0.407 e. The van der Waals surface area contributed by atoms with Crippen molar-refractivity contribution in [2.75, 3.05) is 27.3 Å². The minimum absolute atomic E-state index is 0.0179. The third-order valence-electron chi connectivity index (χ3n) is 10.2. The molecular formula is C39H49N9O6. The number of likely N-dealkylation sites (tertiary alicyclic amines) is 2. The first kappa shape index (κ1) is 38.3. The van der Waals surface area contributed by atoms with Crippen LogP contribution in [0.15, 0.2) is 42.7 Å². The van der Waals surface area contributed by atoms with Crippen molar-refractivity contribution in [1.82, 2.24) is 45.4 Å². The number of pyridine rings is 1. The Kier molecular flexibility index (Phi) is 11.8. The Morgan fingerprint density at radius 3 is 2.31 bits per heavy atom. The molecular weight excluding hydrogens is 690 g/mol. The number of imidazole rings is 2. The first-order valence-electron chi connectivity index (χ1n) is 18.4. The highest BCUT2D eigenvalue weighted by molar-refractivity contribution is 5.86. The number of ether oxygens (including phenoxy) is 2. The Labute approximate surface area is 314 Å². The maximum absolute atomic E-state index is 13.5. The number of rotatable bonds is 10. The van der Waals surface area contributed by atoms with Gasteiger partial charge in [0.1, 0.15) is 29.6 Å². The summed E-state index contributed by atoms with van der Waals surface area (Å²) in [4.78, 5) is 62.0. The highest BCUT2D eigenvalue weighted by Gasteiger charge is 2.39. The predicted molar refractivity (Wildman–Crippen MR) is 201 cm³/mol. The summed E-state index contributed by atoms with van der Waals surface area (Å²) in [7, 11) is 2.59. The van der Waals surface area contributed by atoms with Crippen molar-refractivity contribution in [3.63, 3.8) is 0 Å². The molecule has 1 aromatic carbocycles. The number of alkyl carbamates (subject to hydrolysis) is 2. The molecule has 0 spiro atoms. The molecule has 3 aromatic heterocycles. The van der Waals surface area contributed by atoms with Gasteiger partial charge in [0.25, 0.3) is 0 Å². The van der Waals surface area contributed by atoms with Gasteiger partial charge in [-0.05, 0) is 73.8 Å². The van der Waals surface area contributed by atoms with Gasteiger partial charge in [-0.15, -0.1) is 0 Å². The number of nitrogens with one attached hydrogen (secondary N) is 4. The minimum Gasteiger partial charge on any atom is -0.453 e. The molecule has 5 atom stereocenters. The fraction of sp³-hybridized carbons (Fsp3) is 0.487. The fourth-order valence-corrected chi connectivity index (χ4v) is 7.26. The second-order valence-corrected chi connectivity index (χ2v) is 14.5. The number of amides is 3. The monoisotopic (exact) mass is 739 g/mol. The van der Waals surface area contributed by atoms with Crippen LogP contribution < -0.4 is 10.6 Å². The molecule has 5 unspecified atom stereocenters. The number of carbonyl (C=O) groups excluding carboxylic acids is 3. The Balaban J connectivity index is 1.12. The van der Waals surface area contributed by atoms with Crippen molar-refractivity contribution in [3.8, 4) is 23.1 Å².